The Morgan fingerprint density at radius 1 is 0.857 bits per heavy atom. The molecule has 0 unspecified atom stereocenters. The predicted octanol–water partition coefficient (Wildman–Crippen LogP) is 4.90. The van der Waals surface area contributed by atoms with Crippen LogP contribution in [-0.2, 0) is 17.9 Å². The molecule has 0 aliphatic carbocycles. The second-order valence-corrected chi connectivity index (χ2v) is 8.12. The molecule has 1 atom stereocenters. The van der Waals surface area contributed by atoms with Crippen LogP contribution in [0.1, 0.15) is 21.9 Å². The van der Waals surface area contributed by atoms with E-state index in [1.807, 2.05) is 72.8 Å². The summed E-state index contributed by atoms with van der Waals surface area (Å²) in [6, 6.07) is 28.3. The molecule has 0 spiro atoms. The standard InChI is InChI=1S/C24H26N2OS/c1-26(2)18-21-14-10-9-13-20(21)17-25-24(27)23(19-11-5-3-6-12-19)28-22-15-7-4-8-16-22/h3-16,23H,17-18H2,1-2H3,(H,25,27)/t23-/m0/s1. The first-order valence-corrected chi connectivity index (χ1v) is 10.3. The molecule has 0 aliphatic rings. The molecule has 1 N–H and O–H groups in total. The van der Waals surface area contributed by atoms with Crippen molar-refractivity contribution in [2.45, 2.75) is 23.2 Å². The molecule has 28 heavy (non-hydrogen) atoms. The molecule has 0 saturated heterocycles. The van der Waals surface area contributed by atoms with Gasteiger partial charge in [-0.25, -0.2) is 0 Å². The number of benzene rings is 3. The van der Waals surface area contributed by atoms with Gasteiger partial charge < -0.3 is 10.2 Å². The van der Waals surface area contributed by atoms with E-state index in [1.165, 1.54) is 5.56 Å². The molecule has 3 aromatic rings. The zero-order valence-electron chi connectivity index (χ0n) is 16.3. The highest BCUT2D eigenvalue weighted by Crippen LogP contribution is 2.35. The molecule has 3 aromatic carbocycles. The van der Waals surface area contributed by atoms with Crippen molar-refractivity contribution in [1.29, 1.82) is 0 Å². The van der Waals surface area contributed by atoms with Crippen LogP contribution >= 0.6 is 11.8 Å². The Morgan fingerprint density at radius 3 is 2.07 bits per heavy atom. The zero-order valence-corrected chi connectivity index (χ0v) is 17.2. The maximum Gasteiger partial charge on any atom is 0.238 e. The predicted molar refractivity (Wildman–Crippen MR) is 117 cm³/mol. The fourth-order valence-electron chi connectivity index (χ4n) is 3.04. The molecule has 0 fully saturated rings. The van der Waals surface area contributed by atoms with Crippen molar-refractivity contribution in [3.8, 4) is 0 Å². The van der Waals surface area contributed by atoms with Gasteiger partial charge in [-0.1, -0.05) is 72.8 Å². The van der Waals surface area contributed by atoms with Gasteiger partial charge in [-0.05, 0) is 42.9 Å². The molecule has 0 bridgehead atoms. The second-order valence-electron chi connectivity index (χ2n) is 6.95. The lowest BCUT2D eigenvalue weighted by Crippen LogP contribution is -2.28. The lowest BCUT2D eigenvalue weighted by molar-refractivity contribution is -0.120. The molecule has 4 heteroatoms. The SMILES string of the molecule is CN(C)Cc1ccccc1CNC(=O)[C@@H](Sc1ccccc1)c1ccccc1. The number of rotatable bonds is 8. The van der Waals surface area contributed by atoms with E-state index >= 15 is 0 Å². The van der Waals surface area contributed by atoms with Crippen LogP contribution in [0.25, 0.3) is 0 Å². The van der Waals surface area contributed by atoms with Crippen LogP contribution < -0.4 is 5.32 Å². The first kappa shape index (κ1) is 20.2. The fraction of sp³-hybridized carbons (Fsp3) is 0.208. The minimum Gasteiger partial charge on any atom is -0.351 e. The van der Waals surface area contributed by atoms with Gasteiger partial charge in [-0.2, -0.15) is 0 Å². The first-order chi connectivity index (χ1) is 13.6. The van der Waals surface area contributed by atoms with Crippen molar-refractivity contribution in [3.05, 3.63) is 102 Å². The Bertz CT molecular complexity index is 881. The first-order valence-electron chi connectivity index (χ1n) is 9.39. The highest BCUT2D eigenvalue weighted by molar-refractivity contribution is 8.00. The molecule has 0 aromatic heterocycles. The van der Waals surface area contributed by atoms with Crippen molar-refractivity contribution >= 4 is 17.7 Å². The molecule has 1 amide bonds. The van der Waals surface area contributed by atoms with Gasteiger partial charge in [0.15, 0.2) is 0 Å². The molecule has 0 heterocycles. The largest absolute Gasteiger partial charge is 0.351 e. The maximum atomic E-state index is 13.1. The Labute approximate surface area is 171 Å². The highest BCUT2D eigenvalue weighted by Gasteiger charge is 2.22. The van der Waals surface area contributed by atoms with E-state index in [0.717, 1.165) is 22.6 Å². The average molecular weight is 391 g/mol. The van der Waals surface area contributed by atoms with Gasteiger partial charge in [0.05, 0.1) is 0 Å². The molecule has 0 aliphatic heterocycles. The summed E-state index contributed by atoms with van der Waals surface area (Å²) in [5.74, 6) is 0.0275. The summed E-state index contributed by atoms with van der Waals surface area (Å²) in [6.07, 6.45) is 0. The van der Waals surface area contributed by atoms with Crippen molar-refractivity contribution in [2.24, 2.45) is 0 Å². The van der Waals surface area contributed by atoms with Crippen LogP contribution in [0.3, 0.4) is 0 Å². The van der Waals surface area contributed by atoms with E-state index in [4.69, 9.17) is 0 Å². The Balaban J connectivity index is 1.75. The van der Waals surface area contributed by atoms with Crippen LogP contribution in [-0.4, -0.2) is 24.9 Å². The third kappa shape index (κ3) is 5.72. The highest BCUT2D eigenvalue weighted by atomic mass is 32.2. The van der Waals surface area contributed by atoms with Crippen molar-refractivity contribution in [1.82, 2.24) is 10.2 Å². The molecule has 0 saturated carbocycles. The van der Waals surface area contributed by atoms with Crippen LogP contribution in [0.15, 0.2) is 89.8 Å². The lowest BCUT2D eigenvalue weighted by atomic mass is 10.1. The third-order valence-corrected chi connectivity index (χ3v) is 5.66. The van der Waals surface area contributed by atoms with Gasteiger partial charge in [0, 0.05) is 18.0 Å². The summed E-state index contributed by atoms with van der Waals surface area (Å²) < 4.78 is 0. The average Bonchev–Trinajstić information content (AvgIpc) is 2.72. The minimum absolute atomic E-state index is 0.0275. The minimum atomic E-state index is -0.287. The summed E-state index contributed by atoms with van der Waals surface area (Å²) >= 11 is 1.58. The Kier molecular flexibility index (Phi) is 7.29. The zero-order chi connectivity index (χ0) is 19.8. The lowest BCUT2D eigenvalue weighted by Gasteiger charge is -2.19. The Morgan fingerprint density at radius 2 is 1.43 bits per heavy atom. The monoisotopic (exact) mass is 390 g/mol. The number of carbonyl (C=O) groups is 1. The summed E-state index contributed by atoms with van der Waals surface area (Å²) in [4.78, 5) is 16.3. The molecule has 3 nitrogen and oxygen atoms in total. The summed E-state index contributed by atoms with van der Waals surface area (Å²) in [5, 5.41) is 2.87. The van der Waals surface area contributed by atoms with Crippen molar-refractivity contribution in [2.75, 3.05) is 14.1 Å². The van der Waals surface area contributed by atoms with Gasteiger partial charge in [0.25, 0.3) is 0 Å². The van der Waals surface area contributed by atoms with Gasteiger partial charge >= 0.3 is 0 Å². The van der Waals surface area contributed by atoms with Gasteiger partial charge in [-0.15, -0.1) is 11.8 Å². The van der Waals surface area contributed by atoms with Crippen LogP contribution in [0, 0.1) is 0 Å². The number of amides is 1. The van der Waals surface area contributed by atoms with Gasteiger partial charge in [-0.3, -0.25) is 4.79 Å². The van der Waals surface area contributed by atoms with Gasteiger partial charge in [0.1, 0.15) is 5.25 Å². The number of hydrogen-bond acceptors (Lipinski definition) is 3. The summed E-state index contributed by atoms with van der Waals surface area (Å²) in [5.41, 5.74) is 3.40. The third-order valence-electron chi connectivity index (χ3n) is 4.40. The van der Waals surface area contributed by atoms with E-state index in [9.17, 15) is 4.79 Å². The number of thioether (sulfide) groups is 1. The quantitative estimate of drug-likeness (QED) is 0.555. The molecular weight excluding hydrogens is 364 g/mol. The van der Waals surface area contributed by atoms with E-state index in [1.54, 1.807) is 11.8 Å². The van der Waals surface area contributed by atoms with E-state index in [0.29, 0.717) is 6.54 Å². The summed E-state index contributed by atoms with van der Waals surface area (Å²) in [7, 11) is 4.11. The van der Waals surface area contributed by atoms with Crippen LogP contribution in [0.4, 0.5) is 0 Å². The van der Waals surface area contributed by atoms with E-state index < -0.39 is 0 Å². The number of nitrogens with one attached hydrogen (secondary N) is 1. The van der Waals surface area contributed by atoms with Gasteiger partial charge in [0.2, 0.25) is 5.91 Å². The van der Waals surface area contributed by atoms with E-state index in [2.05, 4.69) is 36.4 Å². The fourth-order valence-corrected chi connectivity index (χ4v) is 4.11. The van der Waals surface area contributed by atoms with Crippen molar-refractivity contribution < 1.29 is 4.79 Å². The normalized spacial score (nSPS) is 12.0. The van der Waals surface area contributed by atoms with Crippen molar-refractivity contribution in [3.63, 3.8) is 0 Å². The molecular formula is C24H26N2OS. The summed E-state index contributed by atoms with van der Waals surface area (Å²) in [6.45, 7) is 1.38. The topological polar surface area (TPSA) is 32.3 Å². The van der Waals surface area contributed by atoms with Crippen LogP contribution in [0.2, 0.25) is 0 Å². The van der Waals surface area contributed by atoms with E-state index in [-0.39, 0.29) is 11.2 Å². The number of hydrogen-bond donors (Lipinski definition) is 1. The van der Waals surface area contributed by atoms with Crippen LogP contribution in [0.5, 0.6) is 0 Å². The molecule has 0 radical (unpaired) electrons. The maximum absolute atomic E-state index is 13.1. The smallest absolute Gasteiger partial charge is 0.238 e. The second kappa shape index (κ2) is 10.1. The number of nitrogens with zero attached hydrogens (tertiary/aromatic N) is 1. The molecule has 3 rings (SSSR count). The molecule has 144 valence electrons. The Hall–Kier alpha value is -2.56. The number of carbonyl (C=O) groups excluding carboxylic acids is 1.